The fourth-order valence-electron chi connectivity index (χ4n) is 2.89. The molecule has 2 fully saturated rings. The van der Waals surface area contributed by atoms with Gasteiger partial charge in [-0.15, -0.1) is 10.2 Å². The van der Waals surface area contributed by atoms with Crippen molar-refractivity contribution in [3.8, 4) is 0 Å². The zero-order chi connectivity index (χ0) is 13.5. The Morgan fingerprint density at radius 1 is 1.16 bits per heavy atom. The molecule has 0 spiro atoms. The number of hydrogen-bond donors (Lipinski definition) is 1. The van der Waals surface area contributed by atoms with E-state index in [9.17, 15) is 13.2 Å². The van der Waals surface area contributed by atoms with E-state index in [-0.39, 0.29) is 0 Å². The van der Waals surface area contributed by atoms with Crippen LogP contribution in [0.5, 0.6) is 0 Å². The Kier molecular flexibility index (Phi) is 3.08. The van der Waals surface area contributed by atoms with Gasteiger partial charge in [-0.25, -0.2) is 0 Å². The van der Waals surface area contributed by atoms with Crippen LogP contribution in [0.25, 0.3) is 0 Å². The minimum absolute atomic E-state index is 0.540. The highest BCUT2D eigenvalue weighted by atomic mass is 19.4. The largest absolute Gasteiger partial charge is 0.435 e. The van der Waals surface area contributed by atoms with E-state index in [0.717, 1.165) is 38.7 Å². The van der Waals surface area contributed by atoms with Crippen molar-refractivity contribution in [3.63, 3.8) is 0 Å². The zero-order valence-corrected chi connectivity index (χ0v) is 10.3. The highest BCUT2D eigenvalue weighted by Crippen LogP contribution is 2.30. The Balaban J connectivity index is 1.72. The van der Waals surface area contributed by atoms with E-state index in [1.165, 1.54) is 6.07 Å². The van der Waals surface area contributed by atoms with Gasteiger partial charge in [0, 0.05) is 13.1 Å². The van der Waals surface area contributed by atoms with E-state index in [2.05, 4.69) is 15.5 Å². The summed E-state index contributed by atoms with van der Waals surface area (Å²) in [5, 5.41) is 10.4. The summed E-state index contributed by atoms with van der Waals surface area (Å²) >= 11 is 0. The van der Waals surface area contributed by atoms with Crippen molar-refractivity contribution in [1.82, 2.24) is 15.5 Å². The minimum atomic E-state index is -4.42. The maximum atomic E-state index is 12.4. The summed E-state index contributed by atoms with van der Waals surface area (Å²) in [7, 11) is 0. The summed E-state index contributed by atoms with van der Waals surface area (Å²) in [6, 6.07) is 2.42. The van der Waals surface area contributed by atoms with Crippen molar-refractivity contribution in [2.45, 2.75) is 12.6 Å². The number of anilines is 1. The highest BCUT2D eigenvalue weighted by Gasteiger charge is 2.35. The van der Waals surface area contributed by atoms with Gasteiger partial charge in [0.05, 0.1) is 0 Å². The number of rotatable bonds is 1. The molecule has 0 aromatic carbocycles. The quantitative estimate of drug-likeness (QED) is 0.842. The molecular formula is C12H15F3N4. The van der Waals surface area contributed by atoms with Crippen LogP contribution in [-0.2, 0) is 6.18 Å². The second kappa shape index (κ2) is 4.63. The molecule has 1 N–H and O–H groups in total. The molecule has 0 amide bonds. The number of nitrogens with one attached hydrogen (secondary N) is 1. The first-order valence-electron chi connectivity index (χ1n) is 6.40. The normalized spacial score (nSPS) is 27.4. The van der Waals surface area contributed by atoms with Crippen molar-refractivity contribution in [1.29, 1.82) is 0 Å². The predicted molar refractivity (Wildman–Crippen MR) is 63.7 cm³/mol. The lowest BCUT2D eigenvalue weighted by Crippen LogP contribution is -2.40. The topological polar surface area (TPSA) is 41.0 Å². The SMILES string of the molecule is FC(F)(F)c1ccc(N2CCC3CNCC3C2)nn1. The van der Waals surface area contributed by atoms with E-state index < -0.39 is 11.9 Å². The summed E-state index contributed by atoms with van der Waals surface area (Å²) in [4.78, 5) is 2.03. The third-order valence-electron chi connectivity index (χ3n) is 3.97. The second-order valence-corrected chi connectivity index (χ2v) is 5.19. The summed E-state index contributed by atoms with van der Waals surface area (Å²) in [5.74, 6) is 1.80. The van der Waals surface area contributed by atoms with Crippen LogP contribution >= 0.6 is 0 Å². The molecule has 1 aromatic heterocycles. The van der Waals surface area contributed by atoms with Crippen LogP contribution in [0.3, 0.4) is 0 Å². The van der Waals surface area contributed by atoms with Crippen LogP contribution in [0.4, 0.5) is 19.0 Å². The average Bonchev–Trinajstić information content (AvgIpc) is 2.85. The maximum absolute atomic E-state index is 12.4. The Morgan fingerprint density at radius 3 is 2.63 bits per heavy atom. The molecule has 2 saturated heterocycles. The molecule has 0 radical (unpaired) electrons. The molecule has 3 heterocycles. The lowest BCUT2D eigenvalue weighted by Gasteiger charge is -2.34. The van der Waals surface area contributed by atoms with Gasteiger partial charge < -0.3 is 10.2 Å². The van der Waals surface area contributed by atoms with Crippen molar-refractivity contribution < 1.29 is 13.2 Å². The van der Waals surface area contributed by atoms with Gasteiger partial charge in [-0.2, -0.15) is 13.2 Å². The molecule has 1 aromatic rings. The van der Waals surface area contributed by atoms with Gasteiger partial charge in [-0.05, 0) is 43.5 Å². The van der Waals surface area contributed by atoms with Gasteiger partial charge in [-0.1, -0.05) is 0 Å². The summed E-state index contributed by atoms with van der Waals surface area (Å²) in [6.07, 6.45) is -3.37. The van der Waals surface area contributed by atoms with Gasteiger partial charge in [0.1, 0.15) is 0 Å². The Morgan fingerprint density at radius 2 is 1.95 bits per heavy atom. The first kappa shape index (κ1) is 12.7. The number of aromatic nitrogens is 2. The van der Waals surface area contributed by atoms with Gasteiger partial charge in [0.25, 0.3) is 0 Å². The van der Waals surface area contributed by atoms with Crippen LogP contribution in [0.2, 0.25) is 0 Å². The third-order valence-corrected chi connectivity index (χ3v) is 3.97. The summed E-state index contributed by atoms with van der Waals surface area (Å²) in [5.41, 5.74) is -0.936. The van der Waals surface area contributed by atoms with Gasteiger partial charge in [0.2, 0.25) is 0 Å². The van der Waals surface area contributed by atoms with Crippen LogP contribution in [0, 0.1) is 11.8 Å². The monoisotopic (exact) mass is 272 g/mol. The summed E-state index contributed by atoms with van der Waals surface area (Å²) < 4.78 is 37.2. The molecule has 2 unspecified atom stereocenters. The average molecular weight is 272 g/mol. The van der Waals surface area contributed by atoms with E-state index in [1.54, 1.807) is 0 Å². The van der Waals surface area contributed by atoms with Crippen molar-refractivity contribution in [2.24, 2.45) is 11.8 Å². The Hall–Kier alpha value is -1.37. The molecule has 7 heteroatoms. The molecule has 2 aliphatic rings. The van der Waals surface area contributed by atoms with Crippen molar-refractivity contribution >= 4 is 5.82 Å². The van der Waals surface area contributed by atoms with Gasteiger partial charge >= 0.3 is 6.18 Å². The number of piperidine rings is 1. The van der Waals surface area contributed by atoms with Crippen LogP contribution in [0.15, 0.2) is 12.1 Å². The molecule has 4 nitrogen and oxygen atoms in total. The molecule has 104 valence electrons. The van der Waals surface area contributed by atoms with Crippen LogP contribution < -0.4 is 10.2 Å². The van der Waals surface area contributed by atoms with Gasteiger partial charge in [-0.3, -0.25) is 0 Å². The third kappa shape index (κ3) is 2.51. The van der Waals surface area contributed by atoms with E-state index in [4.69, 9.17) is 0 Å². The number of nitrogens with zero attached hydrogens (tertiary/aromatic N) is 3. The number of alkyl halides is 3. The Bertz CT molecular complexity index is 445. The molecule has 2 aliphatic heterocycles. The molecule has 19 heavy (non-hydrogen) atoms. The first-order valence-corrected chi connectivity index (χ1v) is 6.40. The molecule has 0 aliphatic carbocycles. The molecule has 0 saturated carbocycles. The minimum Gasteiger partial charge on any atom is -0.355 e. The van der Waals surface area contributed by atoms with Crippen LogP contribution in [0.1, 0.15) is 12.1 Å². The fourth-order valence-corrected chi connectivity index (χ4v) is 2.89. The number of hydrogen-bond acceptors (Lipinski definition) is 4. The predicted octanol–water partition coefficient (Wildman–Crippen LogP) is 1.54. The van der Waals surface area contributed by atoms with E-state index in [1.807, 2.05) is 4.90 Å². The maximum Gasteiger partial charge on any atom is 0.435 e. The standard InChI is InChI=1S/C12H15F3N4/c13-12(14,15)10-1-2-11(18-17-10)19-4-3-8-5-16-6-9(8)7-19/h1-2,8-9,16H,3-7H2. The molecular weight excluding hydrogens is 257 g/mol. The molecule has 2 atom stereocenters. The molecule has 3 rings (SSSR count). The van der Waals surface area contributed by atoms with Crippen molar-refractivity contribution in [3.05, 3.63) is 17.8 Å². The first-order chi connectivity index (χ1) is 9.04. The van der Waals surface area contributed by atoms with Crippen LogP contribution in [-0.4, -0.2) is 36.4 Å². The second-order valence-electron chi connectivity index (χ2n) is 5.19. The van der Waals surface area contributed by atoms with Gasteiger partial charge in [0.15, 0.2) is 11.5 Å². The fraction of sp³-hybridized carbons (Fsp3) is 0.667. The lowest BCUT2D eigenvalue weighted by atomic mass is 9.89. The van der Waals surface area contributed by atoms with E-state index >= 15 is 0 Å². The smallest absolute Gasteiger partial charge is 0.355 e. The number of fused-ring (bicyclic) bond motifs is 1. The lowest BCUT2D eigenvalue weighted by molar-refractivity contribution is -0.141. The number of halogens is 3. The Labute approximate surface area is 109 Å². The van der Waals surface area contributed by atoms with E-state index in [0.29, 0.717) is 17.7 Å². The van der Waals surface area contributed by atoms with Crippen molar-refractivity contribution in [2.75, 3.05) is 31.1 Å². The zero-order valence-electron chi connectivity index (χ0n) is 10.3. The molecule has 0 bridgehead atoms. The highest BCUT2D eigenvalue weighted by molar-refractivity contribution is 5.38. The summed E-state index contributed by atoms with van der Waals surface area (Å²) in [6.45, 7) is 3.72.